The van der Waals surface area contributed by atoms with E-state index in [9.17, 15) is 9.59 Å². The number of ether oxygens (including phenoxy) is 3. The van der Waals surface area contributed by atoms with Crippen molar-refractivity contribution < 1.29 is 23.8 Å². The van der Waals surface area contributed by atoms with Gasteiger partial charge in [0, 0.05) is 11.6 Å². The van der Waals surface area contributed by atoms with Crippen LogP contribution in [-0.4, -0.2) is 25.2 Å². The Morgan fingerprint density at radius 3 is 2.36 bits per heavy atom. The molecule has 0 aliphatic heterocycles. The van der Waals surface area contributed by atoms with Gasteiger partial charge in [-0.1, -0.05) is 25.3 Å². The molecule has 22 heavy (non-hydrogen) atoms. The number of benzene rings is 1. The summed E-state index contributed by atoms with van der Waals surface area (Å²) in [6.07, 6.45) is 4.24. The lowest BCUT2D eigenvalue weighted by molar-refractivity contribution is -0.146. The summed E-state index contributed by atoms with van der Waals surface area (Å²) in [4.78, 5) is 22.5. The van der Waals surface area contributed by atoms with Gasteiger partial charge in [0.2, 0.25) is 0 Å². The van der Waals surface area contributed by atoms with Crippen LogP contribution in [0.4, 0.5) is 0 Å². The van der Waals surface area contributed by atoms with Gasteiger partial charge in [-0.2, -0.15) is 0 Å². The second kappa shape index (κ2) is 9.18. The third kappa shape index (κ3) is 6.56. The number of carbonyl (C=O) groups excluding carboxylic acids is 2. The van der Waals surface area contributed by atoms with Crippen LogP contribution in [-0.2, 0) is 19.1 Å². The van der Waals surface area contributed by atoms with E-state index in [0.717, 1.165) is 5.56 Å². The lowest BCUT2D eigenvalue weighted by Gasteiger charge is -2.04. The molecule has 0 N–H and O–H groups in total. The van der Waals surface area contributed by atoms with Crippen LogP contribution in [0.2, 0.25) is 0 Å². The molecule has 1 aromatic carbocycles. The predicted molar refractivity (Wildman–Crippen MR) is 83.0 cm³/mol. The van der Waals surface area contributed by atoms with Crippen LogP contribution in [0.25, 0.3) is 6.08 Å². The fourth-order valence-corrected chi connectivity index (χ4v) is 1.37. The third-order valence-corrected chi connectivity index (χ3v) is 2.42. The highest BCUT2D eigenvalue weighted by Gasteiger charge is 2.03. The van der Waals surface area contributed by atoms with E-state index in [-0.39, 0.29) is 13.2 Å². The summed E-state index contributed by atoms with van der Waals surface area (Å²) in [5.41, 5.74) is 1.12. The maximum absolute atomic E-state index is 11.5. The van der Waals surface area contributed by atoms with Crippen molar-refractivity contribution in [1.82, 2.24) is 0 Å². The standard InChI is InChI=1S/C17H18O5/c1-4-20-15-8-5-14(6-9-15)7-10-16(18)21-11-12-22-17(19)13(2)3/h4-10H,1-2,11-12H2,3H3/b10-7+. The van der Waals surface area contributed by atoms with Crippen LogP contribution in [0, 0.1) is 0 Å². The van der Waals surface area contributed by atoms with Gasteiger partial charge in [-0.05, 0) is 30.7 Å². The van der Waals surface area contributed by atoms with Crippen LogP contribution in [0.15, 0.2) is 55.3 Å². The molecule has 0 spiro atoms. The van der Waals surface area contributed by atoms with Crippen molar-refractivity contribution in [1.29, 1.82) is 0 Å². The average molecular weight is 302 g/mol. The van der Waals surface area contributed by atoms with Crippen molar-refractivity contribution in [2.24, 2.45) is 0 Å². The molecular formula is C17H18O5. The van der Waals surface area contributed by atoms with Gasteiger partial charge in [-0.3, -0.25) is 0 Å². The second-order valence-corrected chi connectivity index (χ2v) is 4.27. The Morgan fingerprint density at radius 1 is 1.14 bits per heavy atom. The van der Waals surface area contributed by atoms with Crippen LogP contribution < -0.4 is 4.74 Å². The van der Waals surface area contributed by atoms with Crippen LogP contribution in [0.5, 0.6) is 5.75 Å². The molecule has 1 aromatic rings. The smallest absolute Gasteiger partial charge is 0.333 e. The van der Waals surface area contributed by atoms with Gasteiger partial charge in [0.25, 0.3) is 0 Å². The SMILES string of the molecule is C=COc1ccc(/C=C/C(=O)OCCOC(=O)C(=C)C)cc1. The summed E-state index contributed by atoms with van der Waals surface area (Å²) >= 11 is 0. The molecule has 0 saturated heterocycles. The van der Waals surface area contributed by atoms with E-state index in [2.05, 4.69) is 13.2 Å². The molecule has 0 unspecified atom stereocenters. The van der Waals surface area contributed by atoms with Gasteiger partial charge in [-0.15, -0.1) is 0 Å². The molecule has 0 aromatic heterocycles. The molecule has 0 fully saturated rings. The van der Waals surface area contributed by atoms with E-state index in [1.807, 2.05) is 0 Å². The molecule has 5 nitrogen and oxygen atoms in total. The normalized spacial score (nSPS) is 10.0. The molecule has 0 aliphatic rings. The minimum absolute atomic E-state index is 0.00113. The number of carbonyl (C=O) groups is 2. The first-order valence-corrected chi connectivity index (χ1v) is 6.58. The summed E-state index contributed by atoms with van der Waals surface area (Å²) in [6, 6.07) is 7.09. The Hall–Kier alpha value is -2.82. The van der Waals surface area contributed by atoms with E-state index in [4.69, 9.17) is 14.2 Å². The first-order chi connectivity index (χ1) is 10.5. The lowest BCUT2D eigenvalue weighted by Crippen LogP contribution is -2.12. The van der Waals surface area contributed by atoms with E-state index in [0.29, 0.717) is 11.3 Å². The summed E-state index contributed by atoms with van der Waals surface area (Å²) in [5.74, 6) is -0.361. The van der Waals surface area contributed by atoms with Crippen molar-refractivity contribution in [3.63, 3.8) is 0 Å². The summed E-state index contributed by atoms with van der Waals surface area (Å²) in [7, 11) is 0. The number of hydrogen-bond donors (Lipinski definition) is 0. The molecule has 5 heteroatoms. The Labute approximate surface area is 129 Å². The monoisotopic (exact) mass is 302 g/mol. The molecule has 0 radical (unpaired) electrons. The number of hydrogen-bond acceptors (Lipinski definition) is 5. The summed E-state index contributed by atoms with van der Waals surface area (Å²) in [5, 5.41) is 0. The quantitative estimate of drug-likeness (QED) is 0.320. The molecule has 0 amide bonds. The molecular weight excluding hydrogens is 284 g/mol. The topological polar surface area (TPSA) is 61.8 Å². The Balaban J connectivity index is 2.33. The zero-order valence-corrected chi connectivity index (χ0v) is 12.4. The Morgan fingerprint density at radius 2 is 1.77 bits per heavy atom. The highest BCUT2D eigenvalue weighted by molar-refractivity contribution is 5.87. The zero-order chi connectivity index (χ0) is 16.4. The largest absolute Gasteiger partial charge is 0.466 e. The fraction of sp³-hybridized carbons (Fsp3) is 0.176. The first kappa shape index (κ1) is 17.2. The van der Waals surface area contributed by atoms with Crippen LogP contribution in [0.1, 0.15) is 12.5 Å². The molecule has 0 saturated carbocycles. The second-order valence-electron chi connectivity index (χ2n) is 4.27. The molecule has 0 heterocycles. The van der Waals surface area contributed by atoms with Crippen molar-refractivity contribution >= 4 is 18.0 Å². The van der Waals surface area contributed by atoms with E-state index in [1.165, 1.54) is 12.3 Å². The average Bonchev–Trinajstić information content (AvgIpc) is 2.50. The van der Waals surface area contributed by atoms with Crippen molar-refractivity contribution in [2.45, 2.75) is 6.92 Å². The van der Waals surface area contributed by atoms with Crippen molar-refractivity contribution in [3.05, 3.63) is 60.9 Å². The van der Waals surface area contributed by atoms with Gasteiger partial charge < -0.3 is 14.2 Å². The predicted octanol–water partition coefficient (Wildman–Crippen LogP) is 2.88. The van der Waals surface area contributed by atoms with Gasteiger partial charge in [0.05, 0.1) is 6.26 Å². The number of esters is 2. The minimum atomic E-state index is -0.516. The van der Waals surface area contributed by atoms with Gasteiger partial charge in [-0.25, -0.2) is 9.59 Å². The van der Waals surface area contributed by atoms with E-state index < -0.39 is 11.9 Å². The van der Waals surface area contributed by atoms with Crippen molar-refractivity contribution in [3.8, 4) is 5.75 Å². The van der Waals surface area contributed by atoms with E-state index in [1.54, 1.807) is 37.3 Å². The van der Waals surface area contributed by atoms with Gasteiger partial charge >= 0.3 is 11.9 Å². The maximum Gasteiger partial charge on any atom is 0.333 e. The molecule has 0 atom stereocenters. The van der Waals surface area contributed by atoms with Crippen LogP contribution >= 0.6 is 0 Å². The molecule has 116 valence electrons. The third-order valence-electron chi connectivity index (χ3n) is 2.42. The lowest BCUT2D eigenvalue weighted by atomic mass is 10.2. The van der Waals surface area contributed by atoms with Gasteiger partial charge in [0.1, 0.15) is 19.0 Å². The summed E-state index contributed by atoms with van der Waals surface area (Å²) < 4.78 is 14.8. The maximum atomic E-state index is 11.5. The van der Waals surface area contributed by atoms with Crippen molar-refractivity contribution in [2.75, 3.05) is 13.2 Å². The highest BCUT2D eigenvalue weighted by atomic mass is 16.6. The molecule has 0 bridgehead atoms. The molecule has 0 aliphatic carbocycles. The zero-order valence-electron chi connectivity index (χ0n) is 12.4. The Bertz CT molecular complexity index is 569. The Kier molecular flexibility index (Phi) is 7.19. The first-order valence-electron chi connectivity index (χ1n) is 6.58. The van der Waals surface area contributed by atoms with Crippen LogP contribution in [0.3, 0.4) is 0 Å². The highest BCUT2D eigenvalue weighted by Crippen LogP contribution is 2.13. The van der Waals surface area contributed by atoms with Gasteiger partial charge in [0.15, 0.2) is 0 Å². The van der Waals surface area contributed by atoms with E-state index >= 15 is 0 Å². The summed E-state index contributed by atoms with van der Waals surface area (Å²) in [6.45, 7) is 8.44. The minimum Gasteiger partial charge on any atom is -0.466 e. The molecule has 1 rings (SSSR count). The number of rotatable bonds is 8. The fourth-order valence-electron chi connectivity index (χ4n) is 1.37.